The van der Waals surface area contributed by atoms with Crippen LogP contribution in [-0.2, 0) is 0 Å². The first kappa shape index (κ1) is 14.1. The van der Waals surface area contributed by atoms with Crippen molar-refractivity contribution in [2.75, 3.05) is 12.8 Å². The fourth-order valence-corrected chi connectivity index (χ4v) is 3.02. The van der Waals surface area contributed by atoms with Crippen LogP contribution in [0.5, 0.6) is 0 Å². The zero-order valence-electron chi connectivity index (χ0n) is 11.7. The fraction of sp³-hybridized carbons (Fsp3) is 0.312. The topological polar surface area (TPSA) is 24.9 Å². The van der Waals surface area contributed by atoms with E-state index in [0.29, 0.717) is 6.04 Å². The molecule has 1 aromatic carbocycles. The van der Waals surface area contributed by atoms with Gasteiger partial charge in [-0.1, -0.05) is 17.7 Å². The Bertz CT molecular complexity index is 523. The van der Waals surface area contributed by atoms with Gasteiger partial charge in [0.25, 0.3) is 0 Å². The summed E-state index contributed by atoms with van der Waals surface area (Å²) in [6.07, 6.45) is 3.81. The van der Waals surface area contributed by atoms with Gasteiger partial charge in [-0.15, -0.1) is 11.8 Å². The number of thioether (sulfide) groups is 1. The lowest BCUT2D eigenvalue weighted by molar-refractivity contribution is 0.655. The zero-order valence-corrected chi connectivity index (χ0v) is 12.5. The van der Waals surface area contributed by atoms with Crippen molar-refractivity contribution in [3.8, 4) is 0 Å². The molecule has 19 heavy (non-hydrogen) atoms. The molecule has 0 saturated carbocycles. The summed E-state index contributed by atoms with van der Waals surface area (Å²) in [5.74, 6) is 1.01. The van der Waals surface area contributed by atoms with E-state index in [9.17, 15) is 0 Å². The maximum atomic E-state index is 4.23. The Balaban J connectivity index is 2.04. The van der Waals surface area contributed by atoms with Crippen molar-refractivity contribution in [3.63, 3.8) is 0 Å². The molecule has 1 atom stereocenters. The largest absolute Gasteiger partial charge is 0.312 e. The third-order valence-corrected chi connectivity index (χ3v) is 4.35. The number of pyridine rings is 1. The van der Waals surface area contributed by atoms with Gasteiger partial charge in [0, 0.05) is 29.1 Å². The van der Waals surface area contributed by atoms with Gasteiger partial charge >= 0.3 is 0 Å². The lowest BCUT2D eigenvalue weighted by Gasteiger charge is -2.18. The predicted molar refractivity (Wildman–Crippen MR) is 82.7 cm³/mol. The average Bonchev–Trinajstić information content (AvgIpc) is 2.43. The summed E-state index contributed by atoms with van der Waals surface area (Å²) in [7, 11) is 2.01. The lowest BCUT2D eigenvalue weighted by Crippen LogP contribution is -2.19. The van der Waals surface area contributed by atoms with Crippen molar-refractivity contribution in [1.29, 1.82) is 0 Å². The van der Waals surface area contributed by atoms with Crippen LogP contribution in [0.3, 0.4) is 0 Å². The molecule has 0 aliphatic carbocycles. The number of rotatable bonds is 5. The molecule has 0 aliphatic heterocycles. The van der Waals surface area contributed by atoms with Crippen LogP contribution in [0.1, 0.15) is 22.7 Å². The van der Waals surface area contributed by atoms with Crippen LogP contribution in [0.2, 0.25) is 0 Å². The summed E-state index contributed by atoms with van der Waals surface area (Å²) in [5.41, 5.74) is 3.88. The van der Waals surface area contributed by atoms with Gasteiger partial charge in [0.2, 0.25) is 0 Å². The maximum absolute atomic E-state index is 4.23. The molecule has 0 radical (unpaired) electrons. The number of aromatic nitrogens is 1. The van der Waals surface area contributed by atoms with Gasteiger partial charge in [-0.3, -0.25) is 4.98 Å². The first-order valence-corrected chi connectivity index (χ1v) is 7.46. The van der Waals surface area contributed by atoms with E-state index in [4.69, 9.17) is 0 Å². The molecular formula is C16H20N2S. The van der Waals surface area contributed by atoms with Gasteiger partial charge in [0.15, 0.2) is 0 Å². The molecule has 1 unspecified atom stereocenters. The first-order chi connectivity index (χ1) is 9.20. The second-order valence-electron chi connectivity index (χ2n) is 4.70. The highest BCUT2D eigenvalue weighted by Crippen LogP contribution is 2.25. The summed E-state index contributed by atoms with van der Waals surface area (Å²) in [4.78, 5) is 5.54. The molecule has 0 saturated heterocycles. The quantitative estimate of drug-likeness (QED) is 0.839. The molecule has 0 aliphatic rings. The molecule has 1 aromatic heterocycles. The molecule has 0 spiro atoms. The normalized spacial score (nSPS) is 12.4. The van der Waals surface area contributed by atoms with Gasteiger partial charge < -0.3 is 5.32 Å². The van der Waals surface area contributed by atoms with E-state index < -0.39 is 0 Å². The minimum absolute atomic E-state index is 0.333. The highest BCUT2D eigenvalue weighted by Gasteiger charge is 2.12. The second kappa shape index (κ2) is 6.73. The van der Waals surface area contributed by atoms with Crippen LogP contribution >= 0.6 is 11.8 Å². The molecule has 2 nitrogen and oxygen atoms in total. The number of nitrogens with one attached hydrogen (secondary N) is 1. The Labute approximate surface area is 119 Å². The van der Waals surface area contributed by atoms with E-state index in [1.807, 2.05) is 31.2 Å². The standard InChI is InChI=1S/C16H20N2S/c1-12-4-6-14(7-5-12)19-11-16(17-3)15-10-18-9-8-13(15)2/h4-10,16-17H,11H2,1-3H3. The van der Waals surface area contributed by atoms with Crippen LogP contribution in [0.4, 0.5) is 0 Å². The summed E-state index contributed by atoms with van der Waals surface area (Å²) in [5, 5.41) is 3.38. The monoisotopic (exact) mass is 272 g/mol. The highest BCUT2D eigenvalue weighted by atomic mass is 32.2. The van der Waals surface area contributed by atoms with Crippen molar-refractivity contribution >= 4 is 11.8 Å². The van der Waals surface area contributed by atoms with Gasteiger partial charge in [-0.25, -0.2) is 0 Å². The third-order valence-electron chi connectivity index (χ3n) is 3.24. The molecule has 3 heteroatoms. The fourth-order valence-electron chi connectivity index (χ4n) is 1.98. The smallest absolute Gasteiger partial charge is 0.0430 e. The molecule has 2 rings (SSSR count). The third kappa shape index (κ3) is 3.82. The van der Waals surface area contributed by atoms with Crippen LogP contribution in [0.15, 0.2) is 47.6 Å². The first-order valence-electron chi connectivity index (χ1n) is 6.48. The number of benzene rings is 1. The number of hydrogen-bond acceptors (Lipinski definition) is 3. The zero-order chi connectivity index (χ0) is 13.7. The van der Waals surface area contributed by atoms with E-state index in [0.717, 1.165) is 5.75 Å². The van der Waals surface area contributed by atoms with Gasteiger partial charge in [-0.2, -0.15) is 0 Å². The Hall–Kier alpha value is -1.32. The van der Waals surface area contributed by atoms with E-state index in [-0.39, 0.29) is 0 Å². The molecule has 1 N–H and O–H groups in total. The van der Waals surface area contributed by atoms with Gasteiger partial charge in [-0.05, 0) is 50.2 Å². The van der Waals surface area contributed by atoms with Gasteiger partial charge in [0.1, 0.15) is 0 Å². The Morgan fingerprint density at radius 3 is 2.53 bits per heavy atom. The number of aryl methyl sites for hydroxylation is 2. The summed E-state index contributed by atoms with van der Waals surface area (Å²) in [6, 6.07) is 11.1. The van der Waals surface area contributed by atoms with Crippen molar-refractivity contribution in [2.45, 2.75) is 24.8 Å². The molecule has 0 amide bonds. The molecule has 100 valence electrons. The summed E-state index contributed by atoms with van der Waals surface area (Å²) >= 11 is 1.88. The van der Waals surface area contributed by atoms with Crippen LogP contribution in [0.25, 0.3) is 0 Å². The Kier molecular flexibility index (Phi) is 5.00. The van der Waals surface area contributed by atoms with Crippen molar-refractivity contribution in [2.24, 2.45) is 0 Å². The molecular weight excluding hydrogens is 252 g/mol. The number of nitrogens with zero attached hydrogens (tertiary/aromatic N) is 1. The minimum Gasteiger partial charge on any atom is -0.312 e. The molecule has 0 fully saturated rings. The van der Waals surface area contributed by atoms with E-state index in [2.05, 4.69) is 54.5 Å². The summed E-state index contributed by atoms with van der Waals surface area (Å²) in [6.45, 7) is 4.25. The van der Waals surface area contributed by atoms with Gasteiger partial charge in [0.05, 0.1) is 0 Å². The van der Waals surface area contributed by atoms with Crippen molar-refractivity contribution < 1.29 is 0 Å². The maximum Gasteiger partial charge on any atom is 0.0430 e. The Morgan fingerprint density at radius 2 is 1.89 bits per heavy atom. The summed E-state index contributed by atoms with van der Waals surface area (Å²) < 4.78 is 0. The second-order valence-corrected chi connectivity index (χ2v) is 5.79. The van der Waals surface area contributed by atoms with E-state index in [1.54, 1.807) is 0 Å². The number of hydrogen-bond donors (Lipinski definition) is 1. The van der Waals surface area contributed by atoms with Crippen LogP contribution in [-0.4, -0.2) is 17.8 Å². The van der Waals surface area contributed by atoms with Crippen LogP contribution in [0, 0.1) is 13.8 Å². The molecule has 0 bridgehead atoms. The minimum atomic E-state index is 0.333. The van der Waals surface area contributed by atoms with E-state index in [1.165, 1.54) is 21.6 Å². The van der Waals surface area contributed by atoms with E-state index >= 15 is 0 Å². The SMILES string of the molecule is CNC(CSc1ccc(C)cc1)c1cnccc1C. The lowest BCUT2D eigenvalue weighted by atomic mass is 10.1. The van der Waals surface area contributed by atoms with Crippen LogP contribution < -0.4 is 5.32 Å². The van der Waals surface area contributed by atoms with Crippen molar-refractivity contribution in [3.05, 3.63) is 59.4 Å². The Morgan fingerprint density at radius 1 is 1.16 bits per heavy atom. The highest BCUT2D eigenvalue weighted by molar-refractivity contribution is 7.99. The predicted octanol–water partition coefficient (Wildman–Crippen LogP) is 3.75. The van der Waals surface area contributed by atoms with Crippen molar-refractivity contribution in [1.82, 2.24) is 10.3 Å². The average molecular weight is 272 g/mol. The molecule has 1 heterocycles. The molecule has 2 aromatic rings.